The summed E-state index contributed by atoms with van der Waals surface area (Å²) in [7, 11) is 1.48. The summed E-state index contributed by atoms with van der Waals surface area (Å²) in [6.07, 6.45) is 11.8. The Morgan fingerprint density at radius 2 is 1.01 bits per heavy atom. The van der Waals surface area contributed by atoms with Gasteiger partial charge in [0.1, 0.15) is 17.6 Å². The Labute approximate surface area is 825 Å². The number of hydrogen-bond acceptors (Lipinski definition) is 19. The number of aryl methyl sites for hydroxylation is 1. The van der Waals surface area contributed by atoms with Crippen LogP contribution in [0.5, 0.6) is 5.75 Å². The molecule has 31 heteroatoms. The van der Waals surface area contributed by atoms with Crippen LogP contribution in [0.25, 0.3) is 0 Å². The summed E-state index contributed by atoms with van der Waals surface area (Å²) in [5.41, 5.74) is 2.32. The van der Waals surface area contributed by atoms with E-state index in [2.05, 4.69) is 81.9 Å². The summed E-state index contributed by atoms with van der Waals surface area (Å²) in [5.74, 6) is -11.2. The number of carbonyl (C=O) groups is 14. The average Bonchev–Trinajstić information content (AvgIpc) is 1.60. The molecular formula is C107H134Cl3N9O19. The minimum Gasteiger partial charge on any atom is -0.480 e. The lowest BCUT2D eigenvalue weighted by atomic mass is 9.76. The van der Waals surface area contributed by atoms with Gasteiger partial charge in [0.25, 0.3) is 29.5 Å². The number of unbranched alkanes of at least 4 members (excludes halogenated alkanes) is 9. The maximum Gasteiger partial charge on any atom is 0.338 e. The third-order valence-electron chi connectivity index (χ3n) is 25.8. The van der Waals surface area contributed by atoms with Gasteiger partial charge >= 0.3 is 24.0 Å². The van der Waals surface area contributed by atoms with Gasteiger partial charge in [0, 0.05) is 48.0 Å². The smallest absolute Gasteiger partial charge is 0.338 e. The molecule has 3 heterocycles. The molecule has 11 amide bonds. The van der Waals surface area contributed by atoms with Crippen LogP contribution in [0.2, 0.25) is 15.1 Å². The predicted molar refractivity (Wildman–Crippen MR) is 534 cm³/mol. The number of carbonyl (C=O) groups excluding carboxylic acids is 14. The quantitative estimate of drug-likeness (QED) is 0.0119. The number of ketones is 3. The number of hydrogen-bond donors (Lipinski definition) is 4. The number of imide groups is 2. The third kappa shape index (κ3) is 27.5. The second kappa shape index (κ2) is 49.2. The molecule has 3 saturated heterocycles. The van der Waals surface area contributed by atoms with Crippen LogP contribution in [0.15, 0.2) is 164 Å². The second-order valence-electron chi connectivity index (χ2n) is 38.1. The minimum absolute atomic E-state index is 0.0275. The third-order valence-corrected chi connectivity index (χ3v) is 26.8. The second-order valence-corrected chi connectivity index (χ2v) is 39.3. The molecule has 3 aliphatic heterocycles. The predicted octanol–water partition coefficient (Wildman–Crippen LogP) is 21.0. The zero-order valence-corrected chi connectivity index (χ0v) is 84.9. The van der Waals surface area contributed by atoms with Crippen LogP contribution < -0.4 is 30.9 Å². The number of rotatable bonds is 44. The lowest BCUT2D eigenvalue weighted by Crippen LogP contribution is -2.55. The number of nitrogens with zero attached hydrogens (tertiary/aromatic N) is 5. The van der Waals surface area contributed by atoms with Gasteiger partial charge in [0.2, 0.25) is 24.3 Å². The largest absolute Gasteiger partial charge is 0.480 e. The van der Waals surface area contributed by atoms with Gasteiger partial charge in [-0.25, -0.2) is 24.2 Å². The lowest BCUT2D eigenvalue weighted by molar-refractivity contribution is -0.152. The first kappa shape index (κ1) is 110. The van der Waals surface area contributed by atoms with Crippen LogP contribution in [-0.2, 0) is 95.6 Å². The molecule has 11 rings (SSSR count). The van der Waals surface area contributed by atoms with Crippen LogP contribution in [0.3, 0.4) is 0 Å². The Bertz CT molecular complexity index is 5530. The zero-order chi connectivity index (χ0) is 101. The van der Waals surface area contributed by atoms with Crippen LogP contribution >= 0.6 is 34.8 Å². The Kier molecular flexibility index (Phi) is 39.2. The van der Waals surface area contributed by atoms with E-state index in [0.717, 1.165) is 59.3 Å². The molecule has 4 fully saturated rings. The van der Waals surface area contributed by atoms with Gasteiger partial charge < -0.3 is 49.9 Å². The number of anilines is 5. The lowest BCUT2D eigenvalue weighted by Gasteiger charge is -2.31. The van der Waals surface area contributed by atoms with Crippen molar-refractivity contribution in [1.29, 1.82) is 0 Å². The van der Waals surface area contributed by atoms with Gasteiger partial charge in [-0.3, -0.25) is 62.5 Å². The van der Waals surface area contributed by atoms with Crippen LogP contribution in [0.1, 0.15) is 252 Å². The Balaban J connectivity index is 0.000000242. The van der Waals surface area contributed by atoms with Gasteiger partial charge in [-0.1, -0.05) is 273 Å². The number of cyclic esters (lactones) is 1. The highest BCUT2D eigenvalue weighted by molar-refractivity contribution is 6.36. The van der Waals surface area contributed by atoms with E-state index in [1.54, 1.807) is 113 Å². The van der Waals surface area contributed by atoms with E-state index in [1.807, 2.05) is 63.2 Å². The Hall–Kier alpha value is -11.7. The van der Waals surface area contributed by atoms with Crippen molar-refractivity contribution in [3.63, 3.8) is 0 Å². The highest BCUT2D eigenvalue weighted by Gasteiger charge is 2.61. The monoisotopic (exact) mass is 1950 g/mol. The maximum absolute atomic E-state index is 14.3. The molecule has 7 aromatic carbocycles. The number of ether oxygens (including phenoxy) is 5. The van der Waals surface area contributed by atoms with Crippen molar-refractivity contribution < 1.29 is 90.8 Å². The molecule has 4 N–H and O–H groups in total. The van der Waals surface area contributed by atoms with Gasteiger partial charge in [0.05, 0.1) is 57.4 Å². The van der Waals surface area contributed by atoms with Crippen molar-refractivity contribution in [3.8, 4) is 5.75 Å². The van der Waals surface area contributed by atoms with Crippen LogP contribution in [-0.4, -0.2) is 165 Å². The van der Waals surface area contributed by atoms with Crippen LogP contribution in [0.4, 0.5) is 38.0 Å². The number of para-hydroxylation sites is 1. The number of Topliss-reactive ketones (excluding diaryl/α,β-unsaturated/α-hetero) is 3. The highest BCUT2D eigenvalue weighted by atomic mass is 35.5. The van der Waals surface area contributed by atoms with Gasteiger partial charge in [-0.2, -0.15) is 0 Å². The molecule has 7 aromatic rings. The molecule has 1 aliphatic carbocycles. The molecule has 4 aliphatic rings. The molecule has 138 heavy (non-hydrogen) atoms. The van der Waals surface area contributed by atoms with Crippen molar-refractivity contribution in [3.05, 3.63) is 212 Å². The molecule has 28 nitrogen and oxygen atoms in total. The number of nitrogens with one attached hydrogen (secondary N) is 4. The standard InChI is InChI=1S/C46H59ClN4O7.C38H52ClN3O7.C23H23ClN2O5/c1-10-35(58-36-23-20-30(44(6,7)11-2)26-32(36)45(8,9)12-3)39(53)48-31-21-22-33(47)34(27-31)49-40(54)37(38(52)46(13-4)24-25-46)51-41(55)42(57-14-5)50(43(51)56)28-29-18-16-15-17-19-29;1-6-8-9-10-11-12-13-14-15-19-24-49-36(46)28-22-23-29(39)30(25-28)40-33(44)31(32(43)38(3,4)5)42-34(45)35(48-7-2)41(37(42)47)26-27-20-17-16-18-21-27;1-13-10-11-15(24)16(12-13)25-20(28)18(17-19(27)23(2,3)31-22(17)30)21(29)26(4)14-8-6-5-7-9-14/h15-23,26-27,35,37,42H,10-14,24-25,28H2,1-9H3,(H,48,53)(H,49,54);16-18,20-23,25,31,35H,6-15,19,24,26H2,1-5H3,(H,40,44);5-12,17-18H,1-4H3,(H,25,28). The topological polar surface area (TPSA) is 349 Å². The normalized spacial score (nSPS) is 16.9. The fourth-order valence-electron chi connectivity index (χ4n) is 16.3. The summed E-state index contributed by atoms with van der Waals surface area (Å²) in [6.45, 7) is 32.4. The summed E-state index contributed by atoms with van der Waals surface area (Å²) in [5, 5.41) is 11.3. The zero-order valence-electron chi connectivity index (χ0n) is 82.6. The van der Waals surface area contributed by atoms with Gasteiger partial charge in [0.15, 0.2) is 41.1 Å². The van der Waals surface area contributed by atoms with E-state index in [1.165, 1.54) is 116 Å². The number of urea groups is 2. The van der Waals surface area contributed by atoms with Crippen molar-refractivity contribution in [2.24, 2.45) is 22.7 Å². The molecule has 742 valence electrons. The molecule has 0 spiro atoms. The van der Waals surface area contributed by atoms with E-state index in [4.69, 9.17) is 58.5 Å². The molecule has 7 atom stereocenters. The summed E-state index contributed by atoms with van der Waals surface area (Å²) in [4.78, 5) is 196. The fourth-order valence-corrected chi connectivity index (χ4v) is 16.8. The van der Waals surface area contributed by atoms with Crippen molar-refractivity contribution >= 4 is 146 Å². The molecular weight excluding hydrogens is 1820 g/mol. The minimum atomic E-state index is -1.83. The Morgan fingerprint density at radius 3 is 1.49 bits per heavy atom. The average molecular weight is 1960 g/mol. The maximum atomic E-state index is 14.3. The first-order valence-electron chi connectivity index (χ1n) is 47.7. The Morgan fingerprint density at radius 1 is 0.529 bits per heavy atom. The molecule has 0 bridgehead atoms. The van der Waals surface area contributed by atoms with Gasteiger partial charge in [-0.15, -0.1) is 0 Å². The van der Waals surface area contributed by atoms with E-state index in [0.29, 0.717) is 47.7 Å². The molecule has 7 unspecified atom stereocenters. The summed E-state index contributed by atoms with van der Waals surface area (Å²) in [6, 6.07) is 41.6. The van der Waals surface area contributed by atoms with E-state index < -0.39 is 142 Å². The van der Waals surface area contributed by atoms with Crippen molar-refractivity contribution in [1.82, 2.24) is 19.6 Å². The highest BCUT2D eigenvalue weighted by Crippen LogP contribution is 2.51. The number of amides is 11. The van der Waals surface area contributed by atoms with Gasteiger partial charge in [-0.05, 0) is 179 Å². The fraction of sp³-hybridized carbons (Fsp3) is 0.477. The van der Waals surface area contributed by atoms with Crippen molar-refractivity contribution in [2.45, 2.75) is 281 Å². The molecule has 0 radical (unpaired) electrons. The first-order chi connectivity index (χ1) is 65.4. The SMILES string of the molecule is CCCCCCCCCCCCOC(=O)c1ccc(Cl)c(NC(=O)C(C(=O)C(C)(C)C)N2C(=O)C(OCC)N(Cc3ccccc3)C2=O)c1.CCOC1C(=O)N(C(C(=O)Nc2cc(NC(=O)C(CC)Oc3ccc(C(C)(C)CC)cc3C(C)(C)CC)ccc2Cl)C(=O)C2(CC)CC2)C(=O)N1Cc1ccccc1.Cc1ccc(Cl)c(NC(=O)C(C(=O)N(C)c2ccccc2)C2C(=O)OC(C)(C)C2=O)c1. The molecule has 1 saturated carbocycles. The molecule has 0 aromatic heterocycles. The van der Waals surface area contributed by atoms with Crippen molar-refractivity contribution in [2.75, 3.05) is 53.0 Å². The first-order valence-corrected chi connectivity index (χ1v) is 48.9. The van der Waals surface area contributed by atoms with Crippen LogP contribution in [0, 0.1) is 29.6 Å². The summed E-state index contributed by atoms with van der Waals surface area (Å²) >= 11 is 19.2. The number of benzene rings is 7. The van der Waals surface area contributed by atoms with E-state index in [-0.39, 0.29) is 81.4 Å². The number of esters is 2. The summed E-state index contributed by atoms with van der Waals surface area (Å²) < 4.78 is 28.5. The number of halogens is 3. The van der Waals surface area contributed by atoms with E-state index >= 15 is 0 Å². The van der Waals surface area contributed by atoms with E-state index in [9.17, 15) is 67.1 Å².